The predicted octanol–water partition coefficient (Wildman–Crippen LogP) is 10.3. The summed E-state index contributed by atoms with van der Waals surface area (Å²) in [5.41, 5.74) is -2.17. The van der Waals surface area contributed by atoms with Gasteiger partial charge in [0.25, 0.3) is 0 Å². The first-order valence-electron chi connectivity index (χ1n) is 13.3. The lowest BCUT2D eigenvalue weighted by atomic mass is 9.51. The SMILES string of the molecule is Cc1sc(C2C3CC4CC(C3)CC2C4)c(C)c1C1=C(c2c(C)sc3ccccc23)C(F)(F)C(F)(F)C1(F)F. The molecular formula is C30H28F6S2. The average molecular weight is 567 g/mol. The van der Waals surface area contributed by atoms with Gasteiger partial charge in [-0.2, -0.15) is 26.3 Å². The van der Waals surface area contributed by atoms with E-state index >= 15 is 26.3 Å². The molecule has 0 unspecified atom stereocenters. The second kappa shape index (κ2) is 7.90. The molecule has 8 heteroatoms. The van der Waals surface area contributed by atoms with Crippen molar-refractivity contribution < 1.29 is 26.3 Å². The predicted molar refractivity (Wildman–Crippen MR) is 142 cm³/mol. The molecule has 38 heavy (non-hydrogen) atoms. The van der Waals surface area contributed by atoms with Gasteiger partial charge in [0.2, 0.25) is 0 Å². The summed E-state index contributed by atoms with van der Waals surface area (Å²) >= 11 is 2.52. The van der Waals surface area contributed by atoms with Crippen molar-refractivity contribution in [3.63, 3.8) is 0 Å². The van der Waals surface area contributed by atoms with Gasteiger partial charge < -0.3 is 0 Å². The summed E-state index contributed by atoms with van der Waals surface area (Å²) in [4.78, 5) is 1.70. The largest absolute Gasteiger partial charge is 0.380 e. The van der Waals surface area contributed by atoms with E-state index in [9.17, 15) is 0 Å². The van der Waals surface area contributed by atoms with Gasteiger partial charge >= 0.3 is 17.8 Å². The molecule has 0 saturated heterocycles. The lowest BCUT2D eigenvalue weighted by molar-refractivity contribution is -0.254. The summed E-state index contributed by atoms with van der Waals surface area (Å²) in [7, 11) is 0. The number of hydrogen-bond donors (Lipinski definition) is 0. The Balaban J connectivity index is 1.49. The number of fused-ring (bicyclic) bond motifs is 1. The van der Waals surface area contributed by atoms with Gasteiger partial charge in [-0.05, 0) is 94.1 Å². The van der Waals surface area contributed by atoms with Gasteiger partial charge in [0.15, 0.2) is 0 Å². The highest BCUT2D eigenvalue weighted by atomic mass is 32.1. The van der Waals surface area contributed by atoms with E-state index in [0.717, 1.165) is 53.7 Å². The Morgan fingerprint density at radius 3 is 1.82 bits per heavy atom. The standard InChI is InChI=1S/C30H28F6S2/c1-13-22(14(2)38-27(13)24-18-9-16-8-17(11-18)12-19(24)10-16)25-26(29(33,34)30(35,36)28(25,31)32)23-15(3)37-21-7-5-4-6-20(21)23/h4-7,16-19,24H,8-12H2,1-3H3. The zero-order valence-electron chi connectivity index (χ0n) is 21.3. The Morgan fingerprint density at radius 1 is 0.684 bits per heavy atom. The van der Waals surface area contributed by atoms with Crippen molar-refractivity contribution in [3.8, 4) is 0 Å². The summed E-state index contributed by atoms with van der Waals surface area (Å²) in [6, 6.07) is 6.59. The number of benzene rings is 1. The normalized spacial score (nSPS) is 32.6. The van der Waals surface area contributed by atoms with Crippen molar-refractivity contribution in [2.24, 2.45) is 23.7 Å². The molecule has 5 aliphatic carbocycles. The average Bonchev–Trinajstić information content (AvgIpc) is 3.34. The van der Waals surface area contributed by atoms with Crippen molar-refractivity contribution in [3.05, 3.63) is 55.6 Å². The van der Waals surface area contributed by atoms with Crippen LogP contribution in [-0.4, -0.2) is 17.8 Å². The zero-order valence-corrected chi connectivity index (χ0v) is 22.9. The molecule has 0 aliphatic heterocycles. The van der Waals surface area contributed by atoms with E-state index in [1.165, 1.54) is 17.8 Å². The number of halogens is 6. The monoisotopic (exact) mass is 566 g/mol. The summed E-state index contributed by atoms with van der Waals surface area (Å²) in [5.74, 6) is -13.0. The molecule has 0 atom stereocenters. The molecule has 4 fully saturated rings. The van der Waals surface area contributed by atoms with Crippen LogP contribution in [0.3, 0.4) is 0 Å². The third kappa shape index (κ3) is 3.05. The minimum absolute atomic E-state index is 0.0923. The molecule has 2 aromatic heterocycles. The van der Waals surface area contributed by atoms with E-state index in [4.69, 9.17) is 0 Å². The molecular weight excluding hydrogens is 538 g/mol. The van der Waals surface area contributed by atoms with Crippen LogP contribution < -0.4 is 0 Å². The molecule has 4 saturated carbocycles. The number of alkyl halides is 6. The van der Waals surface area contributed by atoms with Crippen LogP contribution in [0.4, 0.5) is 26.3 Å². The second-order valence-electron chi connectivity index (χ2n) is 12.0. The maximum atomic E-state index is 15.8. The number of rotatable bonds is 3. The smallest absolute Gasteiger partial charge is 0.194 e. The van der Waals surface area contributed by atoms with E-state index in [0.29, 0.717) is 37.2 Å². The topological polar surface area (TPSA) is 0 Å². The first kappa shape index (κ1) is 25.2. The molecule has 1 aromatic carbocycles. The minimum Gasteiger partial charge on any atom is -0.194 e. The van der Waals surface area contributed by atoms with Crippen LogP contribution in [0.25, 0.3) is 21.2 Å². The second-order valence-corrected chi connectivity index (χ2v) is 14.5. The van der Waals surface area contributed by atoms with Crippen LogP contribution in [0.1, 0.15) is 69.3 Å². The zero-order chi connectivity index (χ0) is 26.9. The fourth-order valence-electron chi connectivity index (χ4n) is 8.58. The first-order valence-corrected chi connectivity index (χ1v) is 14.9. The molecule has 5 aliphatic rings. The minimum atomic E-state index is -5.54. The van der Waals surface area contributed by atoms with Crippen molar-refractivity contribution in [1.82, 2.24) is 0 Å². The van der Waals surface area contributed by atoms with E-state index in [-0.39, 0.29) is 17.0 Å². The molecule has 3 aromatic rings. The van der Waals surface area contributed by atoms with Crippen LogP contribution >= 0.6 is 22.7 Å². The van der Waals surface area contributed by atoms with Crippen molar-refractivity contribution in [2.45, 2.75) is 76.6 Å². The van der Waals surface area contributed by atoms with Crippen molar-refractivity contribution in [2.75, 3.05) is 0 Å². The van der Waals surface area contributed by atoms with Crippen LogP contribution in [0.2, 0.25) is 0 Å². The van der Waals surface area contributed by atoms with Gasteiger partial charge in [-0.1, -0.05) is 18.2 Å². The highest BCUT2D eigenvalue weighted by Gasteiger charge is 2.80. The molecule has 0 N–H and O–H groups in total. The molecule has 202 valence electrons. The fraction of sp³-hybridized carbons (Fsp3) is 0.533. The van der Waals surface area contributed by atoms with E-state index in [2.05, 4.69) is 0 Å². The number of hydrogen-bond acceptors (Lipinski definition) is 2. The third-order valence-corrected chi connectivity index (χ3v) is 12.2. The first-order chi connectivity index (χ1) is 17.8. The molecule has 4 bridgehead atoms. The Labute approximate surface area is 225 Å². The summed E-state index contributed by atoms with van der Waals surface area (Å²) in [6.45, 7) is 4.86. The Hall–Kier alpha value is -1.80. The van der Waals surface area contributed by atoms with Crippen LogP contribution in [0.15, 0.2) is 24.3 Å². The molecule has 0 amide bonds. The Morgan fingerprint density at radius 2 is 1.21 bits per heavy atom. The van der Waals surface area contributed by atoms with Gasteiger partial charge in [0.05, 0.1) is 0 Å². The van der Waals surface area contributed by atoms with Gasteiger partial charge in [-0.25, -0.2) is 0 Å². The number of aryl methyl sites for hydroxylation is 2. The lowest BCUT2D eigenvalue weighted by Crippen LogP contribution is -2.49. The maximum absolute atomic E-state index is 15.8. The lowest BCUT2D eigenvalue weighted by Gasteiger charge is -2.54. The molecule has 0 nitrogen and oxygen atoms in total. The van der Waals surface area contributed by atoms with E-state index in [1.54, 1.807) is 45.0 Å². The summed E-state index contributed by atoms with van der Waals surface area (Å²) < 4.78 is 93.7. The van der Waals surface area contributed by atoms with Crippen molar-refractivity contribution >= 4 is 43.9 Å². The van der Waals surface area contributed by atoms with E-state index < -0.39 is 28.9 Å². The number of allylic oxidation sites excluding steroid dienone is 2. The van der Waals surface area contributed by atoms with Gasteiger partial charge in [-0.3, -0.25) is 0 Å². The number of thiophene rings is 2. The third-order valence-electron chi connectivity index (χ3n) is 9.83. The Bertz CT molecular complexity index is 1480. The molecule has 0 radical (unpaired) electrons. The van der Waals surface area contributed by atoms with Crippen LogP contribution in [0, 0.1) is 44.4 Å². The fourth-order valence-corrected chi connectivity index (χ4v) is 11.1. The van der Waals surface area contributed by atoms with Gasteiger partial charge in [0, 0.05) is 47.0 Å². The Kier molecular flexibility index (Phi) is 5.23. The summed E-state index contributed by atoms with van der Waals surface area (Å²) in [5, 5.41) is 0.308. The molecule has 8 rings (SSSR count). The van der Waals surface area contributed by atoms with Gasteiger partial charge in [0.1, 0.15) is 0 Å². The molecule has 2 heterocycles. The van der Waals surface area contributed by atoms with Gasteiger partial charge in [-0.15, -0.1) is 22.7 Å². The van der Waals surface area contributed by atoms with Crippen molar-refractivity contribution in [1.29, 1.82) is 0 Å². The van der Waals surface area contributed by atoms with Crippen LogP contribution in [0.5, 0.6) is 0 Å². The van der Waals surface area contributed by atoms with E-state index in [1.807, 2.05) is 0 Å². The summed E-state index contributed by atoms with van der Waals surface area (Å²) in [6.07, 6.45) is 5.73. The highest BCUT2D eigenvalue weighted by Crippen LogP contribution is 2.68. The van der Waals surface area contributed by atoms with Crippen LogP contribution in [-0.2, 0) is 0 Å². The maximum Gasteiger partial charge on any atom is 0.380 e. The highest BCUT2D eigenvalue weighted by molar-refractivity contribution is 7.19. The molecule has 0 spiro atoms. The quantitative estimate of drug-likeness (QED) is 0.277.